The van der Waals surface area contributed by atoms with Gasteiger partial charge in [-0.1, -0.05) is 0 Å². The van der Waals surface area contributed by atoms with Crippen molar-refractivity contribution in [3.8, 4) is 11.9 Å². The zero-order chi connectivity index (χ0) is 20.4. The molecule has 9 nitrogen and oxygen atoms in total. The second-order valence-corrected chi connectivity index (χ2v) is 8.29. The largest absolute Gasteiger partial charge is 0.481 e. The molecule has 1 atom stereocenters. The standard InChI is InChI=1S/C20H30N4O5/c1-27-17-11-16(21-19(22-17)28-2)24-9-5-20(6-10-24)12-15(29-18(20)26)13-23-7-3-14(25)4-8-23/h11,14-15,25H,3-10,12-13H2,1-2H3. The molecule has 1 N–H and O–H groups in total. The lowest BCUT2D eigenvalue weighted by molar-refractivity contribution is -0.150. The summed E-state index contributed by atoms with van der Waals surface area (Å²) in [6.07, 6.45) is 3.62. The van der Waals surface area contributed by atoms with Crippen LogP contribution in [0, 0.1) is 5.41 Å². The van der Waals surface area contributed by atoms with Crippen LogP contribution in [0.1, 0.15) is 32.1 Å². The van der Waals surface area contributed by atoms with Crippen LogP contribution in [0.2, 0.25) is 0 Å². The average Bonchev–Trinajstić information content (AvgIpc) is 3.04. The Kier molecular flexibility index (Phi) is 5.78. The molecule has 9 heteroatoms. The van der Waals surface area contributed by atoms with Crippen molar-refractivity contribution in [2.45, 2.75) is 44.3 Å². The highest BCUT2D eigenvalue weighted by molar-refractivity contribution is 5.79. The zero-order valence-corrected chi connectivity index (χ0v) is 17.2. The monoisotopic (exact) mass is 406 g/mol. The maximum Gasteiger partial charge on any atom is 0.321 e. The fourth-order valence-corrected chi connectivity index (χ4v) is 4.65. The lowest BCUT2D eigenvalue weighted by Crippen LogP contribution is -2.43. The van der Waals surface area contributed by atoms with Crippen LogP contribution in [0.4, 0.5) is 5.82 Å². The molecular weight excluding hydrogens is 376 g/mol. The van der Waals surface area contributed by atoms with Gasteiger partial charge in [-0.05, 0) is 25.7 Å². The van der Waals surface area contributed by atoms with Crippen LogP contribution >= 0.6 is 0 Å². The second kappa shape index (κ2) is 8.31. The van der Waals surface area contributed by atoms with Gasteiger partial charge in [0.2, 0.25) is 5.88 Å². The maximum atomic E-state index is 12.7. The first-order chi connectivity index (χ1) is 14.0. The minimum Gasteiger partial charge on any atom is -0.481 e. The minimum atomic E-state index is -0.391. The Bertz CT molecular complexity index is 707. The number of ether oxygens (including phenoxy) is 3. The van der Waals surface area contributed by atoms with Gasteiger partial charge in [-0.25, -0.2) is 0 Å². The van der Waals surface area contributed by atoms with E-state index in [1.165, 1.54) is 7.11 Å². The molecule has 0 aromatic carbocycles. The molecule has 4 rings (SSSR count). The topological polar surface area (TPSA) is 97.2 Å². The van der Waals surface area contributed by atoms with Gasteiger partial charge in [0.15, 0.2) is 0 Å². The molecule has 1 spiro atoms. The van der Waals surface area contributed by atoms with E-state index in [4.69, 9.17) is 14.2 Å². The Labute approximate surface area is 171 Å². The third-order valence-electron chi connectivity index (χ3n) is 6.45. The number of anilines is 1. The van der Waals surface area contributed by atoms with Gasteiger partial charge in [0.1, 0.15) is 11.9 Å². The van der Waals surface area contributed by atoms with E-state index in [0.717, 1.165) is 70.6 Å². The van der Waals surface area contributed by atoms with E-state index >= 15 is 0 Å². The van der Waals surface area contributed by atoms with Crippen molar-refractivity contribution >= 4 is 11.8 Å². The van der Waals surface area contributed by atoms with E-state index in [9.17, 15) is 9.90 Å². The van der Waals surface area contributed by atoms with Gasteiger partial charge in [0.25, 0.3) is 0 Å². The van der Waals surface area contributed by atoms with Crippen LogP contribution in [0.3, 0.4) is 0 Å². The summed E-state index contributed by atoms with van der Waals surface area (Å²) in [7, 11) is 3.09. The summed E-state index contributed by atoms with van der Waals surface area (Å²) in [4.78, 5) is 25.7. The van der Waals surface area contributed by atoms with E-state index in [1.807, 2.05) is 0 Å². The van der Waals surface area contributed by atoms with Gasteiger partial charge in [0, 0.05) is 45.2 Å². The molecule has 3 aliphatic heterocycles. The van der Waals surface area contributed by atoms with Gasteiger partial charge in [-0.2, -0.15) is 9.97 Å². The molecular formula is C20H30N4O5. The molecule has 1 aromatic heterocycles. The smallest absolute Gasteiger partial charge is 0.321 e. The number of carbonyl (C=O) groups excluding carboxylic acids is 1. The number of aliphatic hydroxyl groups is 1. The molecule has 1 aromatic rings. The Morgan fingerprint density at radius 1 is 1.17 bits per heavy atom. The van der Waals surface area contributed by atoms with E-state index in [2.05, 4.69) is 19.8 Å². The fourth-order valence-electron chi connectivity index (χ4n) is 4.65. The van der Waals surface area contributed by atoms with Crippen molar-refractivity contribution in [2.75, 3.05) is 51.8 Å². The molecule has 4 heterocycles. The second-order valence-electron chi connectivity index (χ2n) is 8.29. The van der Waals surface area contributed by atoms with Crippen LogP contribution < -0.4 is 14.4 Å². The highest BCUT2D eigenvalue weighted by atomic mass is 16.6. The molecule has 3 aliphatic rings. The Hall–Kier alpha value is -2.13. The SMILES string of the molecule is COc1cc(N2CCC3(CC2)CC(CN2CCC(O)CC2)OC3=O)nc(OC)n1. The number of likely N-dealkylation sites (tertiary alicyclic amines) is 1. The van der Waals surface area contributed by atoms with Crippen molar-refractivity contribution in [3.63, 3.8) is 0 Å². The quantitative estimate of drug-likeness (QED) is 0.714. The molecule has 0 bridgehead atoms. The molecule has 3 saturated heterocycles. The molecule has 3 fully saturated rings. The first-order valence-electron chi connectivity index (χ1n) is 10.3. The number of rotatable bonds is 5. The van der Waals surface area contributed by atoms with Crippen molar-refractivity contribution < 1.29 is 24.1 Å². The molecule has 160 valence electrons. The van der Waals surface area contributed by atoms with Crippen molar-refractivity contribution in [1.29, 1.82) is 0 Å². The summed E-state index contributed by atoms with van der Waals surface area (Å²) >= 11 is 0. The molecule has 0 aliphatic carbocycles. The summed E-state index contributed by atoms with van der Waals surface area (Å²) in [5, 5.41) is 9.67. The number of piperidine rings is 2. The molecule has 29 heavy (non-hydrogen) atoms. The van der Waals surface area contributed by atoms with E-state index in [-0.39, 0.29) is 24.2 Å². The van der Waals surface area contributed by atoms with Crippen LogP contribution in [0.15, 0.2) is 6.07 Å². The predicted octanol–water partition coefficient (Wildman–Crippen LogP) is 0.853. The predicted molar refractivity (Wildman–Crippen MR) is 105 cm³/mol. The number of aliphatic hydroxyl groups excluding tert-OH is 1. The van der Waals surface area contributed by atoms with Gasteiger partial charge in [0.05, 0.1) is 25.7 Å². The molecule has 1 unspecified atom stereocenters. The van der Waals surface area contributed by atoms with Crippen LogP contribution in [0.5, 0.6) is 11.9 Å². The van der Waals surface area contributed by atoms with E-state index < -0.39 is 5.41 Å². The summed E-state index contributed by atoms with van der Waals surface area (Å²) in [5.41, 5.74) is -0.391. The third kappa shape index (κ3) is 4.25. The summed E-state index contributed by atoms with van der Waals surface area (Å²) in [5.74, 6) is 1.15. The lowest BCUT2D eigenvalue weighted by Gasteiger charge is -2.37. The van der Waals surface area contributed by atoms with Gasteiger partial charge < -0.3 is 24.2 Å². The number of hydrogen-bond donors (Lipinski definition) is 1. The number of methoxy groups -OCH3 is 2. The summed E-state index contributed by atoms with van der Waals surface area (Å²) in [6.45, 7) is 3.95. The first kappa shape index (κ1) is 20.2. The number of hydrogen-bond acceptors (Lipinski definition) is 9. The minimum absolute atomic E-state index is 0.0523. The number of esters is 1. The molecule has 0 saturated carbocycles. The highest BCUT2D eigenvalue weighted by Gasteiger charge is 2.50. The molecule has 0 amide bonds. The summed E-state index contributed by atoms with van der Waals surface area (Å²) in [6, 6.07) is 2.06. The number of cyclic esters (lactones) is 1. The average molecular weight is 406 g/mol. The van der Waals surface area contributed by atoms with Gasteiger partial charge in [-0.15, -0.1) is 0 Å². The van der Waals surface area contributed by atoms with Crippen LogP contribution in [0.25, 0.3) is 0 Å². The number of nitrogens with zero attached hydrogens (tertiary/aromatic N) is 4. The number of aromatic nitrogens is 2. The number of carbonyl (C=O) groups is 1. The van der Waals surface area contributed by atoms with Crippen LogP contribution in [-0.2, 0) is 9.53 Å². The van der Waals surface area contributed by atoms with Gasteiger partial charge >= 0.3 is 12.0 Å². The van der Waals surface area contributed by atoms with Crippen LogP contribution in [-0.4, -0.2) is 85.1 Å². The third-order valence-corrected chi connectivity index (χ3v) is 6.45. The fraction of sp³-hybridized carbons (Fsp3) is 0.750. The zero-order valence-electron chi connectivity index (χ0n) is 17.2. The molecule has 0 radical (unpaired) electrons. The normalized spacial score (nSPS) is 25.3. The maximum absolute atomic E-state index is 12.7. The summed E-state index contributed by atoms with van der Waals surface area (Å²) < 4.78 is 16.2. The van der Waals surface area contributed by atoms with Crippen molar-refractivity contribution in [2.24, 2.45) is 5.41 Å². The van der Waals surface area contributed by atoms with E-state index in [0.29, 0.717) is 5.88 Å². The van der Waals surface area contributed by atoms with Gasteiger partial charge in [-0.3, -0.25) is 9.69 Å². The van der Waals surface area contributed by atoms with Crippen molar-refractivity contribution in [3.05, 3.63) is 6.07 Å². The lowest BCUT2D eigenvalue weighted by atomic mass is 9.76. The first-order valence-corrected chi connectivity index (χ1v) is 10.3. The van der Waals surface area contributed by atoms with Crippen molar-refractivity contribution in [1.82, 2.24) is 14.9 Å². The Balaban J connectivity index is 1.36. The Morgan fingerprint density at radius 3 is 2.55 bits per heavy atom. The highest BCUT2D eigenvalue weighted by Crippen LogP contribution is 2.44. The Morgan fingerprint density at radius 2 is 1.90 bits per heavy atom. The van der Waals surface area contributed by atoms with E-state index in [1.54, 1.807) is 13.2 Å².